The van der Waals surface area contributed by atoms with Crippen molar-refractivity contribution in [3.8, 4) is 17.2 Å². The zero-order chi connectivity index (χ0) is 29.5. The van der Waals surface area contributed by atoms with Crippen LogP contribution in [0, 0.1) is 10.1 Å². The maximum Gasteiger partial charge on any atom is 0.293 e. The number of methoxy groups -OCH3 is 3. The van der Waals surface area contributed by atoms with Gasteiger partial charge in [-0.2, -0.15) is 0 Å². The summed E-state index contributed by atoms with van der Waals surface area (Å²) in [5.74, 6) is 0.174. The molecular formula is C28H32N4O8S. The van der Waals surface area contributed by atoms with Gasteiger partial charge in [-0.3, -0.25) is 29.4 Å². The second-order valence-electron chi connectivity index (χ2n) is 9.41. The van der Waals surface area contributed by atoms with Crippen LogP contribution in [0.15, 0.2) is 35.2 Å². The van der Waals surface area contributed by atoms with Gasteiger partial charge in [-0.1, -0.05) is 12.8 Å². The standard InChI is InChI=1S/C28H32N4O8S/c1-38-22-14-18(15-23(39-2)25(22)40-3)16-24-27(34)31(28(35)41-24)13-10-29-26(33)19-8-9-20(21(17-19)32(36)37)30-11-6-4-5-7-12-30/h8-9,14-17H,4-7,10-13H2,1-3H3,(H,29,33)/b24-16+. The normalized spacial score (nSPS) is 16.5. The van der Waals surface area contributed by atoms with Gasteiger partial charge in [0.15, 0.2) is 11.5 Å². The van der Waals surface area contributed by atoms with Gasteiger partial charge in [0.2, 0.25) is 5.75 Å². The Morgan fingerprint density at radius 2 is 1.68 bits per heavy atom. The van der Waals surface area contributed by atoms with Gasteiger partial charge in [0, 0.05) is 37.8 Å². The average molecular weight is 585 g/mol. The number of hydrogen-bond donors (Lipinski definition) is 1. The Balaban J connectivity index is 1.41. The number of rotatable bonds is 10. The quantitative estimate of drug-likeness (QED) is 0.242. The molecule has 0 aromatic heterocycles. The zero-order valence-electron chi connectivity index (χ0n) is 23.1. The topological polar surface area (TPSA) is 141 Å². The summed E-state index contributed by atoms with van der Waals surface area (Å²) in [6, 6.07) is 7.76. The molecule has 2 aromatic rings. The monoisotopic (exact) mass is 584 g/mol. The van der Waals surface area contributed by atoms with Gasteiger partial charge in [0.05, 0.1) is 31.2 Å². The van der Waals surface area contributed by atoms with E-state index in [0.29, 0.717) is 28.5 Å². The van der Waals surface area contributed by atoms with Crippen LogP contribution < -0.4 is 24.4 Å². The molecule has 4 rings (SSSR count). The van der Waals surface area contributed by atoms with E-state index in [2.05, 4.69) is 5.32 Å². The van der Waals surface area contributed by atoms with Gasteiger partial charge in [-0.05, 0) is 60.5 Å². The molecule has 13 heteroatoms. The summed E-state index contributed by atoms with van der Waals surface area (Å²) in [7, 11) is 4.44. The van der Waals surface area contributed by atoms with Crippen molar-refractivity contribution in [2.24, 2.45) is 0 Å². The van der Waals surface area contributed by atoms with Gasteiger partial charge in [0.25, 0.3) is 22.7 Å². The summed E-state index contributed by atoms with van der Waals surface area (Å²) in [4.78, 5) is 52.9. The number of hydrogen-bond acceptors (Lipinski definition) is 10. The number of thioether (sulfide) groups is 1. The third kappa shape index (κ3) is 6.73. The SMILES string of the molecule is COc1cc(/C=C2/SC(=O)N(CCNC(=O)c3ccc(N4CCCCCC4)c([N+](=O)[O-])c3)C2=O)cc(OC)c1OC. The van der Waals surface area contributed by atoms with Crippen LogP contribution in [0.25, 0.3) is 6.08 Å². The highest BCUT2D eigenvalue weighted by molar-refractivity contribution is 8.18. The first-order valence-corrected chi connectivity index (χ1v) is 14.0. The molecule has 3 amide bonds. The molecule has 0 bridgehead atoms. The van der Waals surface area contributed by atoms with Gasteiger partial charge in [0.1, 0.15) is 5.69 Å². The summed E-state index contributed by atoms with van der Waals surface area (Å²) in [6.45, 7) is 1.39. The van der Waals surface area contributed by atoms with Crippen LogP contribution in [-0.2, 0) is 4.79 Å². The minimum atomic E-state index is -0.532. The van der Waals surface area contributed by atoms with Crippen LogP contribution in [0.5, 0.6) is 17.2 Å². The number of ether oxygens (including phenoxy) is 3. The average Bonchev–Trinajstić information content (AvgIpc) is 3.14. The molecule has 0 unspecified atom stereocenters. The summed E-state index contributed by atoms with van der Waals surface area (Å²) in [5, 5.41) is 14.0. The number of imide groups is 1. The predicted molar refractivity (Wildman–Crippen MR) is 155 cm³/mol. The maximum absolute atomic E-state index is 13.0. The van der Waals surface area contributed by atoms with E-state index in [9.17, 15) is 24.5 Å². The first-order valence-electron chi connectivity index (χ1n) is 13.1. The number of nitro groups is 1. The summed E-state index contributed by atoms with van der Waals surface area (Å²) < 4.78 is 16.0. The third-order valence-electron chi connectivity index (χ3n) is 6.86. The Morgan fingerprint density at radius 3 is 2.27 bits per heavy atom. The van der Waals surface area contributed by atoms with E-state index in [4.69, 9.17) is 14.2 Å². The van der Waals surface area contributed by atoms with E-state index in [1.807, 2.05) is 4.90 Å². The van der Waals surface area contributed by atoms with E-state index in [1.165, 1.54) is 27.4 Å². The lowest BCUT2D eigenvalue weighted by Crippen LogP contribution is -2.37. The number of nitrogens with one attached hydrogen (secondary N) is 1. The first-order chi connectivity index (χ1) is 19.8. The zero-order valence-corrected chi connectivity index (χ0v) is 24.0. The molecule has 0 radical (unpaired) electrons. The van der Waals surface area contributed by atoms with E-state index in [1.54, 1.807) is 30.3 Å². The molecule has 2 fully saturated rings. The number of nitrogens with zero attached hydrogens (tertiary/aromatic N) is 3. The summed E-state index contributed by atoms with van der Waals surface area (Å²) in [6.07, 6.45) is 5.66. The van der Waals surface area contributed by atoms with E-state index >= 15 is 0 Å². The molecule has 0 atom stereocenters. The molecule has 0 saturated carbocycles. The van der Waals surface area contributed by atoms with Crippen molar-refractivity contribution in [2.45, 2.75) is 25.7 Å². The van der Waals surface area contributed by atoms with Crippen molar-refractivity contribution in [1.29, 1.82) is 0 Å². The van der Waals surface area contributed by atoms with Gasteiger partial charge in [-0.15, -0.1) is 0 Å². The Labute approximate surface area is 241 Å². The minimum absolute atomic E-state index is 0.0178. The number of carbonyl (C=O) groups excluding carboxylic acids is 3. The van der Waals surface area contributed by atoms with Gasteiger partial charge < -0.3 is 24.4 Å². The van der Waals surface area contributed by atoms with Crippen LogP contribution in [0.2, 0.25) is 0 Å². The fourth-order valence-electron chi connectivity index (χ4n) is 4.80. The highest BCUT2D eigenvalue weighted by Gasteiger charge is 2.35. The minimum Gasteiger partial charge on any atom is -0.493 e. The molecule has 2 aliphatic heterocycles. The molecule has 2 saturated heterocycles. The van der Waals surface area contributed by atoms with E-state index in [-0.39, 0.29) is 29.2 Å². The number of anilines is 1. The van der Waals surface area contributed by atoms with Crippen molar-refractivity contribution in [3.63, 3.8) is 0 Å². The first kappa shape index (κ1) is 29.7. The molecule has 0 aliphatic carbocycles. The Kier molecular flexibility index (Phi) is 9.71. The molecule has 41 heavy (non-hydrogen) atoms. The molecule has 218 valence electrons. The fourth-order valence-corrected chi connectivity index (χ4v) is 5.67. The van der Waals surface area contributed by atoms with Gasteiger partial charge >= 0.3 is 0 Å². The second kappa shape index (κ2) is 13.4. The van der Waals surface area contributed by atoms with Crippen LogP contribution in [0.1, 0.15) is 41.6 Å². The summed E-state index contributed by atoms with van der Waals surface area (Å²) in [5.41, 5.74) is 1.09. The number of nitro benzene ring substituents is 1. The number of benzene rings is 2. The number of amides is 3. The van der Waals surface area contributed by atoms with Crippen molar-refractivity contribution in [2.75, 3.05) is 52.4 Å². The largest absolute Gasteiger partial charge is 0.493 e. The Bertz CT molecular complexity index is 1350. The van der Waals surface area contributed by atoms with Crippen molar-refractivity contribution in [3.05, 3.63) is 56.5 Å². The highest BCUT2D eigenvalue weighted by atomic mass is 32.2. The molecule has 2 aliphatic rings. The molecule has 0 spiro atoms. The lowest BCUT2D eigenvalue weighted by Gasteiger charge is -2.22. The maximum atomic E-state index is 13.0. The van der Waals surface area contributed by atoms with Crippen molar-refractivity contribution in [1.82, 2.24) is 10.2 Å². The smallest absolute Gasteiger partial charge is 0.293 e. The molecule has 1 N–H and O–H groups in total. The number of carbonyl (C=O) groups is 3. The summed E-state index contributed by atoms with van der Waals surface area (Å²) >= 11 is 0.784. The molecule has 2 heterocycles. The van der Waals surface area contributed by atoms with Crippen LogP contribution >= 0.6 is 11.8 Å². The van der Waals surface area contributed by atoms with Crippen LogP contribution in [0.4, 0.5) is 16.2 Å². The van der Waals surface area contributed by atoms with E-state index in [0.717, 1.165) is 55.4 Å². The van der Waals surface area contributed by atoms with Crippen LogP contribution in [0.3, 0.4) is 0 Å². The van der Waals surface area contributed by atoms with Crippen LogP contribution in [-0.4, -0.2) is 74.4 Å². The Hall–Kier alpha value is -4.26. The second-order valence-corrected chi connectivity index (χ2v) is 10.4. The molecule has 12 nitrogen and oxygen atoms in total. The Morgan fingerprint density at radius 1 is 1.02 bits per heavy atom. The van der Waals surface area contributed by atoms with Crippen molar-refractivity contribution < 1.29 is 33.5 Å². The highest BCUT2D eigenvalue weighted by Crippen LogP contribution is 2.40. The lowest BCUT2D eigenvalue weighted by molar-refractivity contribution is -0.384. The van der Waals surface area contributed by atoms with Gasteiger partial charge in [-0.25, -0.2) is 0 Å². The predicted octanol–water partition coefficient (Wildman–Crippen LogP) is 4.47. The van der Waals surface area contributed by atoms with E-state index < -0.39 is 22.0 Å². The third-order valence-corrected chi connectivity index (χ3v) is 7.77. The molecule has 2 aromatic carbocycles. The molecular weight excluding hydrogens is 552 g/mol. The fraction of sp³-hybridized carbons (Fsp3) is 0.393. The van der Waals surface area contributed by atoms with Crippen molar-refractivity contribution >= 4 is 46.3 Å². The lowest BCUT2D eigenvalue weighted by atomic mass is 10.1.